The predicted molar refractivity (Wildman–Crippen MR) is 94.8 cm³/mol. The summed E-state index contributed by atoms with van der Waals surface area (Å²) in [4.78, 5) is 16.9. The largest absolute Gasteiger partial charge is 0.379 e. The van der Waals surface area contributed by atoms with Crippen molar-refractivity contribution >= 4 is 26.7 Å². The van der Waals surface area contributed by atoms with Crippen molar-refractivity contribution in [3.8, 4) is 0 Å². The SMILES string of the molecule is CN(C)S(=O)(=O)CC1COCC1NC(=O)c1nccc2ccccc12. The second-order valence-electron chi connectivity index (χ2n) is 6.32. The van der Waals surface area contributed by atoms with E-state index in [9.17, 15) is 13.2 Å². The topological polar surface area (TPSA) is 88.6 Å². The second-order valence-corrected chi connectivity index (χ2v) is 8.55. The normalized spacial score (nSPS) is 20.9. The average molecular weight is 363 g/mol. The Balaban J connectivity index is 1.78. The Morgan fingerprint density at radius 2 is 2.04 bits per heavy atom. The molecule has 3 rings (SSSR count). The van der Waals surface area contributed by atoms with Crippen LogP contribution in [0.5, 0.6) is 0 Å². The number of ether oxygens (including phenoxy) is 1. The highest BCUT2D eigenvalue weighted by Crippen LogP contribution is 2.20. The lowest BCUT2D eigenvalue weighted by molar-refractivity contribution is 0.0923. The Bertz CT molecular complexity index is 877. The summed E-state index contributed by atoms with van der Waals surface area (Å²) in [6.45, 7) is 0.602. The first-order valence-electron chi connectivity index (χ1n) is 8.01. The second kappa shape index (κ2) is 7.07. The van der Waals surface area contributed by atoms with Gasteiger partial charge >= 0.3 is 0 Å². The van der Waals surface area contributed by atoms with Crippen molar-refractivity contribution in [2.45, 2.75) is 6.04 Å². The zero-order valence-corrected chi connectivity index (χ0v) is 15.0. The molecule has 1 aliphatic heterocycles. The number of carbonyl (C=O) groups excluding carboxylic acids is 1. The van der Waals surface area contributed by atoms with Gasteiger partial charge in [-0.2, -0.15) is 0 Å². The van der Waals surface area contributed by atoms with Crippen LogP contribution in [0.1, 0.15) is 10.5 Å². The number of pyridine rings is 1. The number of aromatic nitrogens is 1. The molecule has 0 aliphatic carbocycles. The van der Waals surface area contributed by atoms with Crippen LogP contribution in [0.3, 0.4) is 0 Å². The molecule has 1 amide bonds. The van der Waals surface area contributed by atoms with Crippen molar-refractivity contribution in [2.24, 2.45) is 5.92 Å². The standard InChI is InChI=1S/C17H21N3O4S/c1-20(2)25(22,23)11-13-9-24-10-15(13)19-17(21)16-14-6-4-3-5-12(14)7-8-18-16/h3-8,13,15H,9-11H2,1-2H3,(H,19,21). The minimum Gasteiger partial charge on any atom is -0.379 e. The van der Waals surface area contributed by atoms with E-state index in [-0.39, 0.29) is 23.6 Å². The highest BCUT2D eigenvalue weighted by atomic mass is 32.2. The Morgan fingerprint density at radius 3 is 2.80 bits per heavy atom. The molecular formula is C17H21N3O4S. The van der Waals surface area contributed by atoms with E-state index in [1.54, 1.807) is 6.20 Å². The van der Waals surface area contributed by atoms with Gasteiger partial charge in [-0.1, -0.05) is 24.3 Å². The van der Waals surface area contributed by atoms with Gasteiger partial charge in [0.25, 0.3) is 5.91 Å². The number of nitrogens with one attached hydrogen (secondary N) is 1. The van der Waals surface area contributed by atoms with Gasteiger partial charge in [-0.3, -0.25) is 9.78 Å². The van der Waals surface area contributed by atoms with Crippen LogP contribution in [0.2, 0.25) is 0 Å². The summed E-state index contributed by atoms with van der Waals surface area (Å²) in [6.07, 6.45) is 1.59. The fourth-order valence-electron chi connectivity index (χ4n) is 2.88. The number of carbonyl (C=O) groups is 1. The minimum atomic E-state index is -3.36. The molecule has 134 valence electrons. The van der Waals surface area contributed by atoms with Gasteiger partial charge in [0.15, 0.2) is 0 Å². The molecule has 1 fully saturated rings. The Morgan fingerprint density at radius 1 is 1.28 bits per heavy atom. The maximum atomic E-state index is 12.7. The highest BCUT2D eigenvalue weighted by molar-refractivity contribution is 7.89. The van der Waals surface area contributed by atoms with Crippen LogP contribution in [-0.4, -0.2) is 62.7 Å². The highest BCUT2D eigenvalue weighted by Gasteiger charge is 2.34. The number of sulfonamides is 1. The summed E-state index contributed by atoms with van der Waals surface area (Å²) >= 11 is 0. The van der Waals surface area contributed by atoms with Gasteiger partial charge in [0.2, 0.25) is 10.0 Å². The number of rotatable bonds is 5. The average Bonchev–Trinajstić information content (AvgIpc) is 3.00. The Hall–Kier alpha value is -2.03. The Kier molecular flexibility index (Phi) is 5.03. The van der Waals surface area contributed by atoms with Crippen LogP contribution in [0.25, 0.3) is 10.8 Å². The molecule has 8 heteroatoms. The molecular weight excluding hydrogens is 342 g/mol. The zero-order valence-electron chi connectivity index (χ0n) is 14.2. The van der Waals surface area contributed by atoms with E-state index < -0.39 is 10.0 Å². The number of nitrogens with zero attached hydrogens (tertiary/aromatic N) is 2. The van der Waals surface area contributed by atoms with E-state index in [0.717, 1.165) is 10.8 Å². The fraction of sp³-hybridized carbons (Fsp3) is 0.412. The van der Waals surface area contributed by atoms with Gasteiger partial charge in [-0.15, -0.1) is 0 Å². The molecule has 1 N–H and O–H groups in total. The molecule has 0 radical (unpaired) electrons. The third-order valence-corrected chi connectivity index (χ3v) is 6.35. The van der Waals surface area contributed by atoms with Crippen molar-refractivity contribution in [3.05, 3.63) is 42.2 Å². The lowest BCUT2D eigenvalue weighted by atomic mass is 10.1. The maximum Gasteiger partial charge on any atom is 0.270 e. The van der Waals surface area contributed by atoms with Crippen molar-refractivity contribution in [1.82, 2.24) is 14.6 Å². The first kappa shape index (κ1) is 17.8. The summed E-state index contributed by atoms with van der Waals surface area (Å²) in [5.41, 5.74) is 0.333. The van der Waals surface area contributed by atoms with Crippen molar-refractivity contribution in [3.63, 3.8) is 0 Å². The quantitative estimate of drug-likeness (QED) is 0.852. The van der Waals surface area contributed by atoms with E-state index in [1.807, 2.05) is 30.3 Å². The van der Waals surface area contributed by atoms with E-state index in [2.05, 4.69) is 10.3 Å². The lowest BCUT2D eigenvalue weighted by Crippen LogP contribution is -2.43. The molecule has 1 aromatic carbocycles. The first-order chi connectivity index (χ1) is 11.9. The lowest BCUT2D eigenvalue weighted by Gasteiger charge is -2.21. The van der Waals surface area contributed by atoms with Gasteiger partial charge in [-0.05, 0) is 11.5 Å². The molecule has 7 nitrogen and oxygen atoms in total. The molecule has 2 heterocycles. The summed E-state index contributed by atoms with van der Waals surface area (Å²) < 4.78 is 30.8. The third kappa shape index (κ3) is 3.81. The number of benzene rings is 1. The van der Waals surface area contributed by atoms with Crippen LogP contribution in [-0.2, 0) is 14.8 Å². The van der Waals surface area contributed by atoms with Gasteiger partial charge in [0.1, 0.15) is 5.69 Å². The smallest absolute Gasteiger partial charge is 0.270 e. The zero-order chi connectivity index (χ0) is 18.0. The van der Waals surface area contributed by atoms with Gasteiger partial charge in [0.05, 0.1) is 25.0 Å². The van der Waals surface area contributed by atoms with E-state index >= 15 is 0 Å². The Labute approximate surface area is 147 Å². The summed E-state index contributed by atoms with van der Waals surface area (Å²) in [5.74, 6) is -0.667. The monoisotopic (exact) mass is 363 g/mol. The molecule has 2 atom stereocenters. The van der Waals surface area contributed by atoms with Crippen molar-refractivity contribution in [2.75, 3.05) is 33.1 Å². The van der Waals surface area contributed by atoms with Gasteiger partial charge in [-0.25, -0.2) is 12.7 Å². The van der Waals surface area contributed by atoms with Crippen LogP contribution >= 0.6 is 0 Å². The first-order valence-corrected chi connectivity index (χ1v) is 9.62. The maximum absolute atomic E-state index is 12.7. The van der Waals surface area contributed by atoms with E-state index in [4.69, 9.17) is 4.74 Å². The summed E-state index contributed by atoms with van der Waals surface area (Å²) in [7, 11) is -0.366. The molecule has 1 aromatic heterocycles. The molecule has 25 heavy (non-hydrogen) atoms. The summed E-state index contributed by atoms with van der Waals surface area (Å²) in [6, 6.07) is 9.00. The van der Waals surface area contributed by atoms with Crippen LogP contribution in [0, 0.1) is 5.92 Å². The molecule has 0 bridgehead atoms. The van der Waals surface area contributed by atoms with Crippen LogP contribution in [0.15, 0.2) is 36.5 Å². The molecule has 1 aliphatic rings. The van der Waals surface area contributed by atoms with E-state index in [0.29, 0.717) is 18.9 Å². The molecule has 0 saturated carbocycles. The molecule has 2 aromatic rings. The van der Waals surface area contributed by atoms with Crippen LogP contribution in [0.4, 0.5) is 0 Å². The molecule has 0 spiro atoms. The number of hydrogen-bond donors (Lipinski definition) is 1. The van der Waals surface area contributed by atoms with Crippen molar-refractivity contribution in [1.29, 1.82) is 0 Å². The van der Waals surface area contributed by atoms with E-state index in [1.165, 1.54) is 18.4 Å². The number of hydrogen-bond acceptors (Lipinski definition) is 5. The van der Waals surface area contributed by atoms with Crippen molar-refractivity contribution < 1.29 is 17.9 Å². The molecule has 1 saturated heterocycles. The van der Waals surface area contributed by atoms with Gasteiger partial charge in [0, 0.05) is 31.6 Å². The summed E-state index contributed by atoms with van der Waals surface area (Å²) in [5, 5.41) is 4.58. The minimum absolute atomic E-state index is 0.0616. The third-order valence-electron chi connectivity index (χ3n) is 4.38. The molecule has 2 unspecified atom stereocenters. The number of amides is 1. The predicted octanol–water partition coefficient (Wildman–Crippen LogP) is 0.871. The van der Waals surface area contributed by atoms with Crippen LogP contribution < -0.4 is 5.32 Å². The fourth-order valence-corrected chi connectivity index (χ4v) is 4.05. The van der Waals surface area contributed by atoms with Gasteiger partial charge < -0.3 is 10.1 Å². The number of fused-ring (bicyclic) bond motifs is 1.